The third kappa shape index (κ3) is 3.22. The first-order valence-corrected chi connectivity index (χ1v) is 7.71. The number of rotatable bonds is 5. The van der Waals surface area contributed by atoms with Crippen molar-refractivity contribution in [1.82, 2.24) is 19.7 Å². The van der Waals surface area contributed by atoms with Crippen LogP contribution in [0.4, 0.5) is 5.82 Å². The van der Waals surface area contributed by atoms with Crippen LogP contribution in [0.25, 0.3) is 10.9 Å². The average Bonchev–Trinajstić information content (AvgIpc) is 3.05. The molecule has 1 aromatic carbocycles. The van der Waals surface area contributed by atoms with Crippen LogP contribution in [0.1, 0.15) is 6.42 Å². The number of carbonyl (C=O) groups is 1. The summed E-state index contributed by atoms with van der Waals surface area (Å²) in [6.45, 7) is 0. The molecule has 0 atom stereocenters. The molecule has 0 aliphatic rings. The maximum Gasteiger partial charge on any atom is 0.271 e. The molecule has 114 valence electrons. The fraction of sp³-hybridized carbons (Fsp3) is 0.214. The first-order chi connectivity index (χ1) is 10.6. The maximum atomic E-state index is 11.8. The van der Waals surface area contributed by atoms with Gasteiger partial charge in [-0.25, -0.2) is 4.98 Å². The summed E-state index contributed by atoms with van der Waals surface area (Å²) >= 11 is 1.57. The van der Waals surface area contributed by atoms with Crippen LogP contribution < -0.4 is 10.9 Å². The van der Waals surface area contributed by atoms with E-state index in [2.05, 4.69) is 20.5 Å². The van der Waals surface area contributed by atoms with E-state index in [1.165, 1.54) is 0 Å². The highest BCUT2D eigenvalue weighted by molar-refractivity contribution is 7.99. The smallest absolute Gasteiger partial charge is 0.271 e. The van der Waals surface area contributed by atoms with E-state index >= 15 is 0 Å². The van der Waals surface area contributed by atoms with E-state index in [1.807, 2.05) is 19.2 Å². The van der Waals surface area contributed by atoms with Gasteiger partial charge in [-0.05, 0) is 18.2 Å². The topological polar surface area (TPSA) is 95.6 Å². The minimum atomic E-state index is -0.124. The Balaban J connectivity index is 1.53. The van der Waals surface area contributed by atoms with Crippen molar-refractivity contribution in [2.75, 3.05) is 11.1 Å². The van der Waals surface area contributed by atoms with Gasteiger partial charge in [-0.15, -0.1) is 11.8 Å². The molecule has 8 heteroatoms. The summed E-state index contributed by atoms with van der Waals surface area (Å²) < 4.78 is 1.78. The lowest BCUT2D eigenvalue weighted by molar-refractivity contribution is -0.115. The Morgan fingerprint density at radius 2 is 2.27 bits per heavy atom. The number of benzene rings is 1. The number of anilines is 1. The molecule has 3 rings (SSSR count). The van der Waals surface area contributed by atoms with E-state index in [0.717, 1.165) is 10.4 Å². The third-order valence-electron chi connectivity index (χ3n) is 3.12. The SMILES string of the molecule is Cn1cnc(NC(=O)CCSc2ccc3c(=O)[nH][nH]c3c2)c1. The summed E-state index contributed by atoms with van der Waals surface area (Å²) in [7, 11) is 1.85. The molecule has 22 heavy (non-hydrogen) atoms. The number of thioether (sulfide) groups is 1. The van der Waals surface area contributed by atoms with Crippen LogP contribution in [0.15, 0.2) is 40.4 Å². The van der Waals surface area contributed by atoms with Gasteiger partial charge in [0.15, 0.2) is 5.82 Å². The highest BCUT2D eigenvalue weighted by Gasteiger charge is 2.06. The quantitative estimate of drug-likeness (QED) is 0.624. The van der Waals surface area contributed by atoms with E-state index in [1.54, 1.807) is 34.9 Å². The second-order valence-corrected chi connectivity index (χ2v) is 6.03. The number of aryl methyl sites for hydroxylation is 1. The van der Waals surface area contributed by atoms with Crippen molar-refractivity contribution in [3.8, 4) is 0 Å². The van der Waals surface area contributed by atoms with Gasteiger partial charge in [0.2, 0.25) is 5.91 Å². The number of H-pyrrole nitrogens is 2. The number of nitrogens with one attached hydrogen (secondary N) is 3. The molecule has 3 N–H and O–H groups in total. The minimum Gasteiger partial charge on any atom is -0.338 e. The molecule has 0 spiro atoms. The lowest BCUT2D eigenvalue weighted by Crippen LogP contribution is -2.12. The zero-order valence-electron chi connectivity index (χ0n) is 11.9. The summed E-state index contributed by atoms with van der Waals surface area (Å²) in [6, 6.07) is 5.56. The van der Waals surface area contributed by atoms with Crippen molar-refractivity contribution >= 4 is 34.4 Å². The van der Waals surface area contributed by atoms with Crippen molar-refractivity contribution < 1.29 is 4.79 Å². The van der Waals surface area contributed by atoms with Crippen LogP contribution in [-0.4, -0.2) is 31.4 Å². The van der Waals surface area contributed by atoms with Gasteiger partial charge in [0.25, 0.3) is 5.56 Å². The number of amides is 1. The predicted molar refractivity (Wildman–Crippen MR) is 86.1 cm³/mol. The molecule has 0 saturated carbocycles. The molecule has 0 unspecified atom stereocenters. The van der Waals surface area contributed by atoms with Gasteiger partial charge in [0, 0.05) is 30.3 Å². The summed E-state index contributed by atoms with van der Waals surface area (Å²) in [5.41, 5.74) is 0.647. The number of aromatic nitrogens is 4. The Kier molecular flexibility index (Phi) is 4.01. The van der Waals surface area contributed by atoms with Gasteiger partial charge >= 0.3 is 0 Å². The average molecular weight is 317 g/mol. The van der Waals surface area contributed by atoms with Crippen LogP contribution in [0, 0.1) is 0 Å². The van der Waals surface area contributed by atoms with Crippen molar-refractivity contribution in [3.63, 3.8) is 0 Å². The number of hydrogen-bond donors (Lipinski definition) is 3. The maximum absolute atomic E-state index is 11.8. The Hall–Kier alpha value is -2.48. The summed E-state index contributed by atoms with van der Waals surface area (Å²) in [6.07, 6.45) is 3.78. The fourth-order valence-electron chi connectivity index (χ4n) is 2.05. The molecule has 0 aliphatic heterocycles. The highest BCUT2D eigenvalue weighted by atomic mass is 32.2. The molecule has 2 heterocycles. The van der Waals surface area contributed by atoms with Crippen molar-refractivity contribution in [1.29, 1.82) is 0 Å². The first-order valence-electron chi connectivity index (χ1n) is 6.73. The molecule has 0 bridgehead atoms. The van der Waals surface area contributed by atoms with Crippen molar-refractivity contribution in [3.05, 3.63) is 41.1 Å². The molecule has 3 aromatic rings. The van der Waals surface area contributed by atoms with Crippen LogP contribution >= 0.6 is 11.8 Å². The Labute approximate surface area is 130 Å². The summed E-state index contributed by atoms with van der Waals surface area (Å²) in [4.78, 5) is 28.3. The van der Waals surface area contributed by atoms with Gasteiger partial charge in [0.1, 0.15) is 0 Å². The van der Waals surface area contributed by atoms with Crippen molar-refractivity contribution in [2.24, 2.45) is 7.05 Å². The molecule has 1 amide bonds. The van der Waals surface area contributed by atoms with Crippen LogP contribution in [-0.2, 0) is 11.8 Å². The monoisotopic (exact) mass is 317 g/mol. The zero-order chi connectivity index (χ0) is 15.5. The fourth-order valence-corrected chi connectivity index (χ4v) is 2.94. The Bertz CT molecular complexity index is 863. The highest BCUT2D eigenvalue weighted by Crippen LogP contribution is 2.21. The van der Waals surface area contributed by atoms with Crippen LogP contribution in [0.3, 0.4) is 0 Å². The predicted octanol–water partition coefficient (Wildman–Crippen LogP) is 1.71. The lowest BCUT2D eigenvalue weighted by atomic mass is 10.2. The summed E-state index contributed by atoms with van der Waals surface area (Å²) in [5.74, 6) is 1.14. The van der Waals surface area contributed by atoms with Gasteiger partial charge < -0.3 is 9.88 Å². The van der Waals surface area contributed by atoms with E-state index in [0.29, 0.717) is 23.4 Å². The number of aromatic amines is 2. The normalized spacial score (nSPS) is 11.0. The molecular formula is C14H15N5O2S. The Morgan fingerprint density at radius 1 is 1.41 bits per heavy atom. The van der Waals surface area contributed by atoms with Crippen LogP contribution in [0.2, 0.25) is 0 Å². The minimum absolute atomic E-state index is 0.0673. The van der Waals surface area contributed by atoms with Gasteiger partial charge in [-0.3, -0.25) is 19.8 Å². The van der Waals surface area contributed by atoms with Gasteiger partial charge in [-0.2, -0.15) is 0 Å². The van der Waals surface area contributed by atoms with E-state index in [9.17, 15) is 9.59 Å². The largest absolute Gasteiger partial charge is 0.338 e. The van der Waals surface area contributed by atoms with E-state index < -0.39 is 0 Å². The zero-order valence-corrected chi connectivity index (χ0v) is 12.7. The van der Waals surface area contributed by atoms with Crippen molar-refractivity contribution in [2.45, 2.75) is 11.3 Å². The molecule has 2 aromatic heterocycles. The molecule has 0 radical (unpaired) electrons. The molecule has 0 fully saturated rings. The van der Waals surface area contributed by atoms with E-state index in [4.69, 9.17) is 0 Å². The molecule has 7 nitrogen and oxygen atoms in total. The summed E-state index contributed by atoms with van der Waals surface area (Å²) in [5, 5.41) is 8.75. The Morgan fingerprint density at radius 3 is 3.05 bits per heavy atom. The number of imidazole rings is 1. The first kappa shape index (κ1) is 14.5. The van der Waals surface area contributed by atoms with Gasteiger partial charge in [0.05, 0.1) is 17.2 Å². The van der Waals surface area contributed by atoms with Crippen LogP contribution in [0.5, 0.6) is 0 Å². The molecule has 0 aliphatic carbocycles. The van der Waals surface area contributed by atoms with Gasteiger partial charge in [-0.1, -0.05) is 0 Å². The second kappa shape index (κ2) is 6.10. The number of fused-ring (bicyclic) bond motifs is 1. The number of hydrogen-bond acceptors (Lipinski definition) is 4. The molecular weight excluding hydrogens is 302 g/mol. The number of carbonyl (C=O) groups excluding carboxylic acids is 1. The lowest BCUT2D eigenvalue weighted by Gasteiger charge is -2.03. The second-order valence-electron chi connectivity index (χ2n) is 4.86. The standard InChI is InChI=1S/C14H15N5O2S/c1-19-7-12(15-8-19)16-13(20)4-5-22-9-2-3-10-11(6-9)17-18-14(10)21/h2-3,6-8H,4-5H2,1H3,(H,16,20)(H2,17,18,21). The number of nitrogens with zero attached hydrogens (tertiary/aromatic N) is 2. The molecule has 0 saturated heterocycles. The third-order valence-corrected chi connectivity index (χ3v) is 4.11. The van der Waals surface area contributed by atoms with E-state index in [-0.39, 0.29) is 11.5 Å².